The molecule has 0 aromatic rings. The summed E-state index contributed by atoms with van der Waals surface area (Å²) in [6.45, 7) is 10.1. The number of hydrogen-bond donors (Lipinski definition) is 0. The minimum absolute atomic E-state index is 0.171. The normalized spacial score (nSPS) is 11.5. The lowest BCUT2D eigenvalue weighted by molar-refractivity contribution is -0.152. The van der Waals surface area contributed by atoms with Crippen molar-refractivity contribution in [3.8, 4) is 0 Å². The van der Waals surface area contributed by atoms with Gasteiger partial charge in [0.15, 0.2) is 15.3 Å². The molecule has 0 rings (SSSR count). The highest BCUT2D eigenvalue weighted by Gasteiger charge is 2.08. The second kappa shape index (κ2) is 7.73. The molecule has 0 bridgehead atoms. The molecule has 74 valence electrons. The topological polar surface area (TPSA) is 27.7 Å². The summed E-state index contributed by atoms with van der Waals surface area (Å²) in [5, 5.41) is 0. The van der Waals surface area contributed by atoms with E-state index in [9.17, 15) is 0 Å². The Bertz CT molecular complexity index is 92.3. The fourth-order valence-corrected chi connectivity index (χ4v) is 1.33. The van der Waals surface area contributed by atoms with Crippen molar-refractivity contribution in [2.24, 2.45) is 0 Å². The number of ether oxygens (including phenoxy) is 2. The van der Waals surface area contributed by atoms with Gasteiger partial charge in [0.2, 0.25) is 0 Å². The molecule has 0 aromatic heterocycles. The molecular formula is C8H20O3Si. The SMILES string of the molecule is CCOC(CO[SiH](C)C)OCC. The standard InChI is InChI=1S/C8H20O3Si/c1-5-9-8(10-6-2)7-11-12(3)4/h8,12H,5-7H2,1-4H3. The Morgan fingerprint density at radius 1 is 1.08 bits per heavy atom. The predicted octanol–water partition coefficient (Wildman–Crippen LogP) is 1.39. The summed E-state index contributed by atoms with van der Waals surface area (Å²) in [4.78, 5) is 0. The quantitative estimate of drug-likeness (QED) is 0.450. The van der Waals surface area contributed by atoms with Crippen LogP contribution in [0.25, 0.3) is 0 Å². The number of rotatable bonds is 7. The van der Waals surface area contributed by atoms with Crippen LogP contribution in [-0.4, -0.2) is 35.2 Å². The van der Waals surface area contributed by atoms with Crippen molar-refractivity contribution in [3.05, 3.63) is 0 Å². The van der Waals surface area contributed by atoms with Crippen LogP contribution in [0.3, 0.4) is 0 Å². The van der Waals surface area contributed by atoms with E-state index in [0.717, 1.165) is 0 Å². The molecule has 0 N–H and O–H groups in total. The molecular weight excluding hydrogens is 172 g/mol. The molecule has 0 amide bonds. The van der Waals surface area contributed by atoms with E-state index < -0.39 is 9.04 Å². The second-order valence-corrected chi connectivity index (χ2v) is 5.15. The van der Waals surface area contributed by atoms with E-state index in [1.54, 1.807) is 0 Å². The van der Waals surface area contributed by atoms with Gasteiger partial charge >= 0.3 is 0 Å². The molecule has 0 fully saturated rings. The van der Waals surface area contributed by atoms with Crippen molar-refractivity contribution < 1.29 is 13.9 Å². The summed E-state index contributed by atoms with van der Waals surface area (Å²) in [6, 6.07) is 0. The maximum atomic E-state index is 5.50. The van der Waals surface area contributed by atoms with Crippen molar-refractivity contribution >= 4 is 9.04 Å². The van der Waals surface area contributed by atoms with Crippen LogP contribution < -0.4 is 0 Å². The summed E-state index contributed by atoms with van der Waals surface area (Å²) >= 11 is 0. The van der Waals surface area contributed by atoms with Gasteiger partial charge in [0, 0.05) is 13.2 Å². The van der Waals surface area contributed by atoms with E-state index in [1.807, 2.05) is 13.8 Å². The van der Waals surface area contributed by atoms with E-state index in [4.69, 9.17) is 13.9 Å². The third kappa shape index (κ3) is 6.79. The Labute approximate surface area is 76.7 Å². The largest absolute Gasteiger partial charge is 0.415 e. The van der Waals surface area contributed by atoms with Gasteiger partial charge in [-0.15, -0.1) is 0 Å². The fourth-order valence-electron chi connectivity index (χ4n) is 0.787. The van der Waals surface area contributed by atoms with Gasteiger partial charge in [-0.1, -0.05) is 0 Å². The van der Waals surface area contributed by atoms with E-state index >= 15 is 0 Å². The zero-order valence-corrected chi connectivity index (χ0v) is 9.66. The molecule has 0 saturated heterocycles. The molecule has 12 heavy (non-hydrogen) atoms. The summed E-state index contributed by atoms with van der Waals surface area (Å²) in [6.07, 6.45) is -0.171. The second-order valence-electron chi connectivity index (χ2n) is 2.72. The number of hydrogen-bond acceptors (Lipinski definition) is 3. The lowest BCUT2D eigenvalue weighted by Crippen LogP contribution is -2.26. The van der Waals surface area contributed by atoms with E-state index in [-0.39, 0.29) is 6.29 Å². The monoisotopic (exact) mass is 192 g/mol. The average molecular weight is 192 g/mol. The fraction of sp³-hybridized carbons (Fsp3) is 1.00. The van der Waals surface area contributed by atoms with Crippen LogP contribution in [0, 0.1) is 0 Å². The van der Waals surface area contributed by atoms with Crippen molar-refractivity contribution in [2.75, 3.05) is 19.8 Å². The zero-order chi connectivity index (χ0) is 9.40. The first-order chi connectivity index (χ1) is 5.70. The Hall–Kier alpha value is 0.0969. The Kier molecular flexibility index (Phi) is 7.79. The van der Waals surface area contributed by atoms with E-state index in [2.05, 4.69) is 13.1 Å². The van der Waals surface area contributed by atoms with Crippen LogP contribution in [0.5, 0.6) is 0 Å². The van der Waals surface area contributed by atoms with Crippen molar-refractivity contribution in [1.29, 1.82) is 0 Å². The van der Waals surface area contributed by atoms with E-state index in [0.29, 0.717) is 19.8 Å². The van der Waals surface area contributed by atoms with Crippen molar-refractivity contribution in [2.45, 2.75) is 33.2 Å². The van der Waals surface area contributed by atoms with Crippen LogP contribution in [0.15, 0.2) is 0 Å². The van der Waals surface area contributed by atoms with Crippen molar-refractivity contribution in [3.63, 3.8) is 0 Å². The lowest BCUT2D eigenvalue weighted by atomic mass is 10.6. The third-order valence-corrected chi connectivity index (χ3v) is 2.13. The maximum Gasteiger partial charge on any atom is 0.179 e. The summed E-state index contributed by atoms with van der Waals surface area (Å²) in [7, 11) is -0.937. The molecule has 0 radical (unpaired) electrons. The first kappa shape index (κ1) is 12.1. The minimum atomic E-state index is -0.937. The van der Waals surface area contributed by atoms with Gasteiger partial charge < -0.3 is 13.9 Å². The average Bonchev–Trinajstić information content (AvgIpc) is 2.01. The Morgan fingerprint density at radius 3 is 1.92 bits per heavy atom. The maximum absolute atomic E-state index is 5.50. The minimum Gasteiger partial charge on any atom is -0.415 e. The third-order valence-electron chi connectivity index (χ3n) is 1.27. The van der Waals surface area contributed by atoms with Crippen LogP contribution in [0.2, 0.25) is 13.1 Å². The Morgan fingerprint density at radius 2 is 1.58 bits per heavy atom. The van der Waals surface area contributed by atoms with Gasteiger partial charge in [-0.3, -0.25) is 0 Å². The van der Waals surface area contributed by atoms with Gasteiger partial charge in [0.25, 0.3) is 0 Å². The molecule has 0 aliphatic heterocycles. The van der Waals surface area contributed by atoms with Gasteiger partial charge in [-0.25, -0.2) is 0 Å². The zero-order valence-electron chi connectivity index (χ0n) is 8.50. The van der Waals surface area contributed by atoms with Gasteiger partial charge in [0.05, 0.1) is 6.61 Å². The smallest absolute Gasteiger partial charge is 0.179 e. The van der Waals surface area contributed by atoms with E-state index in [1.165, 1.54) is 0 Å². The van der Waals surface area contributed by atoms with Crippen LogP contribution in [-0.2, 0) is 13.9 Å². The van der Waals surface area contributed by atoms with Crippen molar-refractivity contribution in [1.82, 2.24) is 0 Å². The molecule has 3 nitrogen and oxygen atoms in total. The first-order valence-corrected chi connectivity index (χ1v) is 7.33. The van der Waals surface area contributed by atoms with Gasteiger partial charge in [-0.2, -0.15) is 0 Å². The molecule has 0 aromatic carbocycles. The molecule has 0 spiro atoms. The highest BCUT2D eigenvalue weighted by molar-refractivity contribution is 6.48. The molecule has 0 unspecified atom stereocenters. The van der Waals surface area contributed by atoms with Crippen LogP contribution in [0.1, 0.15) is 13.8 Å². The Balaban J connectivity index is 3.48. The molecule has 0 saturated carbocycles. The summed E-state index contributed by atoms with van der Waals surface area (Å²) in [5.74, 6) is 0. The van der Waals surface area contributed by atoms with Crippen LogP contribution in [0.4, 0.5) is 0 Å². The van der Waals surface area contributed by atoms with Gasteiger partial charge in [-0.05, 0) is 26.9 Å². The molecule has 0 aliphatic rings. The first-order valence-electron chi connectivity index (χ1n) is 4.55. The highest BCUT2D eigenvalue weighted by Crippen LogP contribution is 1.97. The van der Waals surface area contributed by atoms with Crippen LogP contribution >= 0.6 is 0 Å². The molecule has 0 atom stereocenters. The molecule has 4 heteroatoms. The molecule has 0 heterocycles. The lowest BCUT2D eigenvalue weighted by Gasteiger charge is -2.18. The summed E-state index contributed by atoms with van der Waals surface area (Å²) in [5.41, 5.74) is 0. The highest BCUT2D eigenvalue weighted by atomic mass is 28.3. The predicted molar refractivity (Wildman–Crippen MR) is 51.9 cm³/mol. The molecule has 0 aliphatic carbocycles. The summed E-state index contributed by atoms with van der Waals surface area (Å²) < 4.78 is 16.1. The van der Waals surface area contributed by atoms with Gasteiger partial charge in [0.1, 0.15) is 0 Å².